The molecule has 156 valence electrons. The molecule has 0 amide bonds. The fourth-order valence-corrected chi connectivity index (χ4v) is 3.95. The minimum Gasteiger partial charge on any atom is -0.480 e. The number of carboxylic acids is 1. The molecule has 0 aliphatic carbocycles. The van der Waals surface area contributed by atoms with Crippen LogP contribution in [-0.2, 0) is 16.4 Å². The number of anilines is 2. The zero-order valence-corrected chi connectivity index (χ0v) is 16.8. The molecule has 1 aliphatic rings. The highest BCUT2D eigenvalue weighted by atomic mass is 19.4. The molecule has 4 nitrogen and oxygen atoms in total. The second-order valence-electron chi connectivity index (χ2n) is 8.27. The van der Waals surface area contributed by atoms with E-state index < -0.39 is 29.2 Å². The SMILES string of the molecule is CC(Nc1cccc(C2CC(C)(C)c3cc(C(F)(F)F)ccc3N2C)c1)C(=O)O. The van der Waals surface area contributed by atoms with Gasteiger partial charge >= 0.3 is 12.1 Å². The number of hydrogen-bond acceptors (Lipinski definition) is 3. The van der Waals surface area contributed by atoms with Crippen molar-refractivity contribution in [1.82, 2.24) is 0 Å². The first-order valence-electron chi connectivity index (χ1n) is 9.44. The van der Waals surface area contributed by atoms with Gasteiger partial charge in [-0.05, 0) is 60.2 Å². The predicted molar refractivity (Wildman–Crippen MR) is 107 cm³/mol. The third-order valence-corrected chi connectivity index (χ3v) is 5.63. The Labute approximate surface area is 168 Å². The monoisotopic (exact) mass is 406 g/mol. The molecule has 0 aromatic heterocycles. The van der Waals surface area contributed by atoms with Crippen LogP contribution in [0.25, 0.3) is 0 Å². The van der Waals surface area contributed by atoms with Crippen molar-refractivity contribution in [2.75, 3.05) is 17.3 Å². The van der Waals surface area contributed by atoms with Crippen LogP contribution >= 0.6 is 0 Å². The highest BCUT2D eigenvalue weighted by Gasteiger charge is 2.39. The van der Waals surface area contributed by atoms with Crippen LogP contribution in [0.1, 0.15) is 49.9 Å². The number of alkyl halides is 3. The minimum absolute atomic E-state index is 0.0453. The number of hydrogen-bond donors (Lipinski definition) is 2. The third kappa shape index (κ3) is 4.18. The Hall–Kier alpha value is -2.70. The quantitative estimate of drug-likeness (QED) is 0.709. The number of rotatable bonds is 4. The van der Waals surface area contributed by atoms with Gasteiger partial charge in [0.1, 0.15) is 6.04 Å². The smallest absolute Gasteiger partial charge is 0.416 e. The lowest BCUT2D eigenvalue weighted by Gasteiger charge is -2.45. The van der Waals surface area contributed by atoms with Crippen molar-refractivity contribution in [1.29, 1.82) is 0 Å². The summed E-state index contributed by atoms with van der Waals surface area (Å²) in [6, 6.07) is 10.7. The summed E-state index contributed by atoms with van der Waals surface area (Å²) in [7, 11) is 1.88. The molecule has 7 heteroatoms. The summed E-state index contributed by atoms with van der Waals surface area (Å²) in [5.41, 5.74) is 2.04. The van der Waals surface area contributed by atoms with E-state index in [1.54, 1.807) is 19.1 Å². The Morgan fingerprint density at radius 2 is 1.93 bits per heavy atom. The molecule has 0 saturated heterocycles. The summed E-state index contributed by atoms with van der Waals surface area (Å²) in [5, 5.41) is 12.1. The third-order valence-electron chi connectivity index (χ3n) is 5.63. The number of carbonyl (C=O) groups is 1. The molecule has 2 N–H and O–H groups in total. The van der Waals surface area contributed by atoms with E-state index in [2.05, 4.69) is 5.32 Å². The summed E-state index contributed by atoms with van der Waals surface area (Å²) in [5.74, 6) is -0.944. The van der Waals surface area contributed by atoms with Gasteiger partial charge in [0, 0.05) is 18.4 Å². The molecule has 2 aromatic carbocycles. The first-order valence-corrected chi connectivity index (χ1v) is 9.44. The predicted octanol–water partition coefficient (Wildman–Crippen LogP) is 5.45. The van der Waals surface area contributed by atoms with E-state index >= 15 is 0 Å². The van der Waals surface area contributed by atoms with Crippen molar-refractivity contribution >= 4 is 17.3 Å². The normalized spacial score (nSPS) is 19.4. The highest BCUT2D eigenvalue weighted by Crippen LogP contribution is 2.48. The van der Waals surface area contributed by atoms with Crippen LogP contribution in [0.2, 0.25) is 0 Å². The zero-order valence-electron chi connectivity index (χ0n) is 16.8. The van der Waals surface area contributed by atoms with E-state index in [0.717, 1.165) is 17.3 Å². The fourth-order valence-electron chi connectivity index (χ4n) is 3.95. The lowest BCUT2D eigenvalue weighted by atomic mass is 9.73. The van der Waals surface area contributed by atoms with Crippen molar-refractivity contribution in [2.24, 2.45) is 0 Å². The zero-order chi connectivity index (χ0) is 21.6. The van der Waals surface area contributed by atoms with Gasteiger partial charge in [0.2, 0.25) is 0 Å². The Morgan fingerprint density at radius 1 is 1.24 bits per heavy atom. The van der Waals surface area contributed by atoms with Gasteiger partial charge in [-0.15, -0.1) is 0 Å². The lowest BCUT2D eigenvalue weighted by Crippen LogP contribution is -2.38. The maximum Gasteiger partial charge on any atom is 0.416 e. The Kier molecular flexibility index (Phi) is 5.28. The molecule has 0 fully saturated rings. The minimum atomic E-state index is -4.37. The number of nitrogens with zero attached hydrogens (tertiary/aromatic N) is 1. The molecular formula is C22H25F3N2O2. The van der Waals surface area contributed by atoms with Crippen molar-refractivity contribution in [3.05, 3.63) is 59.2 Å². The van der Waals surface area contributed by atoms with Crippen LogP contribution in [0.5, 0.6) is 0 Å². The molecular weight excluding hydrogens is 381 g/mol. The summed E-state index contributed by atoms with van der Waals surface area (Å²) in [6.07, 6.45) is -3.74. The van der Waals surface area contributed by atoms with Gasteiger partial charge in [-0.25, -0.2) is 0 Å². The maximum absolute atomic E-state index is 13.2. The fraction of sp³-hybridized carbons (Fsp3) is 0.409. The Bertz CT molecular complexity index is 925. The van der Waals surface area contributed by atoms with E-state index in [9.17, 15) is 18.0 Å². The van der Waals surface area contributed by atoms with E-state index in [0.29, 0.717) is 17.7 Å². The number of carboxylic acid groups (broad SMARTS) is 1. The van der Waals surface area contributed by atoms with Crippen molar-refractivity contribution < 1.29 is 23.1 Å². The lowest BCUT2D eigenvalue weighted by molar-refractivity contribution is -0.138. The van der Waals surface area contributed by atoms with Gasteiger partial charge in [0.05, 0.1) is 11.6 Å². The van der Waals surface area contributed by atoms with Gasteiger partial charge in [-0.2, -0.15) is 13.2 Å². The van der Waals surface area contributed by atoms with E-state index in [1.165, 1.54) is 6.07 Å². The largest absolute Gasteiger partial charge is 0.480 e. The second kappa shape index (κ2) is 7.28. The average molecular weight is 406 g/mol. The number of halogens is 3. The molecule has 2 atom stereocenters. The Morgan fingerprint density at radius 3 is 2.55 bits per heavy atom. The first-order chi connectivity index (χ1) is 13.4. The molecule has 1 heterocycles. The van der Waals surface area contributed by atoms with E-state index in [4.69, 9.17) is 5.11 Å². The van der Waals surface area contributed by atoms with Crippen molar-refractivity contribution in [3.8, 4) is 0 Å². The molecule has 29 heavy (non-hydrogen) atoms. The van der Waals surface area contributed by atoms with Gasteiger partial charge in [0.15, 0.2) is 0 Å². The van der Waals surface area contributed by atoms with E-state index in [-0.39, 0.29) is 6.04 Å². The number of nitrogens with one attached hydrogen (secondary N) is 1. The maximum atomic E-state index is 13.2. The topological polar surface area (TPSA) is 52.6 Å². The summed E-state index contributed by atoms with van der Waals surface area (Å²) >= 11 is 0. The highest BCUT2D eigenvalue weighted by molar-refractivity contribution is 5.76. The summed E-state index contributed by atoms with van der Waals surface area (Å²) in [6.45, 7) is 5.49. The van der Waals surface area contributed by atoms with Crippen molar-refractivity contribution in [2.45, 2.75) is 50.9 Å². The van der Waals surface area contributed by atoms with Gasteiger partial charge < -0.3 is 15.3 Å². The molecule has 0 bridgehead atoms. The van der Waals surface area contributed by atoms with Crippen molar-refractivity contribution in [3.63, 3.8) is 0 Å². The van der Waals surface area contributed by atoms with Gasteiger partial charge in [0.25, 0.3) is 0 Å². The molecule has 0 radical (unpaired) electrons. The van der Waals surface area contributed by atoms with Crippen LogP contribution < -0.4 is 10.2 Å². The van der Waals surface area contributed by atoms with Gasteiger partial charge in [-0.1, -0.05) is 26.0 Å². The number of aliphatic carboxylic acids is 1. The average Bonchev–Trinajstić information content (AvgIpc) is 2.64. The molecule has 3 rings (SSSR count). The molecule has 2 aromatic rings. The van der Waals surface area contributed by atoms with Crippen LogP contribution in [0, 0.1) is 0 Å². The second-order valence-corrected chi connectivity index (χ2v) is 8.27. The van der Waals surface area contributed by atoms with Crippen LogP contribution in [0.15, 0.2) is 42.5 Å². The first kappa shape index (κ1) is 21.0. The van der Waals surface area contributed by atoms with E-state index in [1.807, 2.05) is 44.0 Å². The molecule has 0 saturated carbocycles. The Balaban J connectivity index is 1.97. The van der Waals surface area contributed by atoms with Crippen LogP contribution in [0.3, 0.4) is 0 Å². The number of fused-ring (bicyclic) bond motifs is 1. The summed E-state index contributed by atoms with van der Waals surface area (Å²) in [4.78, 5) is 13.1. The van der Waals surface area contributed by atoms with Gasteiger partial charge in [-0.3, -0.25) is 4.79 Å². The van der Waals surface area contributed by atoms with Crippen LogP contribution in [0.4, 0.5) is 24.5 Å². The molecule has 1 aliphatic heterocycles. The standard InChI is InChI=1S/C22H25F3N2O2/c1-13(20(28)29)26-16-7-5-6-14(10-16)19-12-21(2,3)17-11-15(22(23,24)25)8-9-18(17)27(19)4/h5-11,13,19,26H,12H2,1-4H3,(H,28,29). The van der Waals surface area contributed by atoms with Crippen LogP contribution in [-0.4, -0.2) is 24.2 Å². The summed E-state index contributed by atoms with van der Waals surface area (Å²) < 4.78 is 39.6. The molecule has 2 unspecified atom stereocenters. The molecule has 0 spiro atoms. The number of benzene rings is 2.